The van der Waals surface area contributed by atoms with Crippen molar-refractivity contribution < 1.29 is 4.39 Å². The number of alkyl halides is 1. The number of benzene rings is 1. The summed E-state index contributed by atoms with van der Waals surface area (Å²) in [6.07, 6.45) is 3.63. The first-order chi connectivity index (χ1) is 6.29. The number of hydrogen-bond acceptors (Lipinski definition) is 0. The molecular weight excluding hydrogens is 278 g/mol. The predicted molar refractivity (Wildman–Crippen MR) is 60.8 cm³/mol. The monoisotopic (exact) mass is 290 g/mol. The third kappa shape index (κ3) is 1.87. The van der Waals surface area contributed by atoms with Crippen LogP contribution >= 0.6 is 22.6 Å². The maximum Gasteiger partial charge on any atom is 0.126 e. The lowest BCUT2D eigenvalue weighted by molar-refractivity contribution is 0.586. The van der Waals surface area contributed by atoms with Crippen LogP contribution in [-0.4, -0.2) is 3.92 Å². The molecule has 0 saturated heterocycles. The van der Waals surface area contributed by atoms with Crippen molar-refractivity contribution in [2.75, 3.05) is 0 Å². The Morgan fingerprint density at radius 3 is 2.62 bits per heavy atom. The first-order valence-corrected chi connectivity index (χ1v) is 5.92. The zero-order chi connectivity index (χ0) is 9.26. The fraction of sp³-hybridized carbons (Fsp3) is 0.455. The molecule has 0 amide bonds. The highest BCUT2D eigenvalue weighted by molar-refractivity contribution is 14.1. The fourth-order valence-electron chi connectivity index (χ4n) is 2.04. The molecule has 2 rings (SSSR count). The van der Waals surface area contributed by atoms with Crippen LogP contribution in [0.5, 0.6) is 0 Å². The predicted octanol–water partition coefficient (Wildman–Crippen LogP) is 3.90. The lowest BCUT2D eigenvalue weighted by atomic mass is 9.97. The average molecular weight is 290 g/mol. The Balaban J connectivity index is 2.29. The summed E-state index contributed by atoms with van der Waals surface area (Å²) >= 11 is 2.45. The summed E-state index contributed by atoms with van der Waals surface area (Å²) in [4.78, 5) is 0. The Hall–Kier alpha value is -0.120. The molecule has 70 valence electrons. The van der Waals surface area contributed by atoms with Gasteiger partial charge in [0.1, 0.15) is 5.82 Å². The van der Waals surface area contributed by atoms with Gasteiger partial charge in [-0.3, -0.25) is 0 Å². The SMILES string of the molecule is Fc1ccccc1C1CCCC1I. The zero-order valence-corrected chi connectivity index (χ0v) is 9.50. The van der Waals surface area contributed by atoms with Gasteiger partial charge in [-0.25, -0.2) is 4.39 Å². The van der Waals surface area contributed by atoms with Gasteiger partial charge in [0.05, 0.1) is 0 Å². The Kier molecular flexibility index (Phi) is 2.86. The second-order valence-electron chi connectivity index (χ2n) is 3.57. The van der Waals surface area contributed by atoms with Gasteiger partial charge in [-0.1, -0.05) is 47.2 Å². The van der Waals surface area contributed by atoms with Crippen LogP contribution in [-0.2, 0) is 0 Å². The van der Waals surface area contributed by atoms with E-state index in [0.717, 1.165) is 12.0 Å². The molecule has 0 spiro atoms. The van der Waals surface area contributed by atoms with Crippen molar-refractivity contribution in [3.8, 4) is 0 Å². The summed E-state index contributed by atoms with van der Waals surface area (Å²) in [5.74, 6) is 0.415. The Bertz CT molecular complexity index is 298. The molecule has 0 heterocycles. The Morgan fingerprint density at radius 1 is 1.23 bits per heavy atom. The van der Waals surface area contributed by atoms with E-state index in [9.17, 15) is 4.39 Å². The van der Waals surface area contributed by atoms with Crippen molar-refractivity contribution in [3.63, 3.8) is 0 Å². The van der Waals surface area contributed by atoms with Gasteiger partial charge in [0.25, 0.3) is 0 Å². The summed E-state index contributed by atoms with van der Waals surface area (Å²) in [6.45, 7) is 0. The molecule has 1 aliphatic carbocycles. The van der Waals surface area contributed by atoms with Crippen LogP contribution in [0, 0.1) is 5.82 Å². The van der Waals surface area contributed by atoms with Crippen molar-refractivity contribution in [2.45, 2.75) is 29.1 Å². The third-order valence-corrected chi connectivity index (χ3v) is 4.23. The summed E-state index contributed by atoms with van der Waals surface area (Å²) in [6, 6.07) is 7.18. The van der Waals surface area contributed by atoms with Crippen molar-refractivity contribution in [2.24, 2.45) is 0 Å². The first-order valence-electron chi connectivity index (χ1n) is 4.67. The molecule has 2 atom stereocenters. The second-order valence-corrected chi connectivity index (χ2v) is 5.17. The van der Waals surface area contributed by atoms with Crippen molar-refractivity contribution >= 4 is 22.6 Å². The zero-order valence-electron chi connectivity index (χ0n) is 7.34. The van der Waals surface area contributed by atoms with Gasteiger partial charge in [-0.15, -0.1) is 0 Å². The first kappa shape index (κ1) is 9.44. The molecule has 1 aromatic rings. The largest absolute Gasteiger partial charge is 0.207 e. The highest BCUT2D eigenvalue weighted by Crippen LogP contribution is 2.40. The van der Waals surface area contributed by atoms with Gasteiger partial charge >= 0.3 is 0 Å². The molecule has 0 aliphatic heterocycles. The maximum atomic E-state index is 13.4. The van der Waals surface area contributed by atoms with Crippen LogP contribution in [0.15, 0.2) is 24.3 Å². The molecule has 1 aromatic carbocycles. The van der Waals surface area contributed by atoms with Crippen LogP contribution in [0.2, 0.25) is 0 Å². The third-order valence-electron chi connectivity index (χ3n) is 2.74. The molecule has 13 heavy (non-hydrogen) atoms. The summed E-state index contributed by atoms with van der Waals surface area (Å²) in [7, 11) is 0. The minimum Gasteiger partial charge on any atom is -0.207 e. The minimum atomic E-state index is -0.0314. The quantitative estimate of drug-likeness (QED) is 0.543. The van der Waals surface area contributed by atoms with Crippen LogP contribution in [0.4, 0.5) is 4.39 Å². The lowest BCUT2D eigenvalue weighted by Gasteiger charge is -2.14. The maximum absolute atomic E-state index is 13.4. The standard InChI is InChI=1S/C11H12FI/c12-10-6-2-1-4-8(10)9-5-3-7-11(9)13/h1-2,4,6,9,11H,3,5,7H2. The summed E-state index contributed by atoms with van der Waals surface area (Å²) in [5, 5.41) is 0. The molecule has 2 unspecified atom stereocenters. The smallest absolute Gasteiger partial charge is 0.126 e. The van der Waals surface area contributed by atoms with Gasteiger partial charge in [-0.2, -0.15) is 0 Å². The molecule has 0 N–H and O–H groups in total. The fourth-order valence-corrected chi connectivity index (χ4v) is 3.23. The highest BCUT2D eigenvalue weighted by atomic mass is 127. The Morgan fingerprint density at radius 2 is 2.00 bits per heavy atom. The van der Waals surface area contributed by atoms with Gasteiger partial charge in [0.2, 0.25) is 0 Å². The molecular formula is C11H12FI. The minimum absolute atomic E-state index is 0.0314. The van der Waals surface area contributed by atoms with E-state index in [1.807, 2.05) is 12.1 Å². The van der Waals surface area contributed by atoms with E-state index in [-0.39, 0.29) is 5.82 Å². The number of hydrogen-bond donors (Lipinski definition) is 0. The van der Waals surface area contributed by atoms with E-state index in [1.165, 1.54) is 12.8 Å². The average Bonchev–Trinajstić information content (AvgIpc) is 2.52. The second kappa shape index (κ2) is 3.95. The lowest BCUT2D eigenvalue weighted by Crippen LogP contribution is -2.06. The molecule has 0 radical (unpaired) electrons. The van der Waals surface area contributed by atoms with Crippen molar-refractivity contribution in [1.82, 2.24) is 0 Å². The summed E-state index contributed by atoms with van der Waals surface area (Å²) in [5.41, 5.74) is 0.916. The van der Waals surface area contributed by atoms with Gasteiger partial charge in [-0.05, 0) is 30.4 Å². The van der Waals surface area contributed by atoms with Crippen LogP contribution < -0.4 is 0 Å². The van der Waals surface area contributed by atoms with Crippen LogP contribution in [0.1, 0.15) is 30.7 Å². The molecule has 1 saturated carbocycles. The van der Waals surface area contributed by atoms with Crippen molar-refractivity contribution in [3.05, 3.63) is 35.6 Å². The van der Waals surface area contributed by atoms with E-state index in [1.54, 1.807) is 12.1 Å². The highest BCUT2D eigenvalue weighted by Gasteiger charge is 2.27. The molecule has 2 heteroatoms. The van der Waals surface area contributed by atoms with Gasteiger partial charge in [0.15, 0.2) is 0 Å². The van der Waals surface area contributed by atoms with E-state index in [0.29, 0.717) is 9.84 Å². The molecule has 0 bridgehead atoms. The topological polar surface area (TPSA) is 0 Å². The van der Waals surface area contributed by atoms with Crippen molar-refractivity contribution in [1.29, 1.82) is 0 Å². The number of rotatable bonds is 1. The van der Waals surface area contributed by atoms with E-state index >= 15 is 0 Å². The summed E-state index contributed by atoms with van der Waals surface area (Å²) < 4.78 is 14.0. The molecule has 1 aliphatic rings. The van der Waals surface area contributed by atoms with E-state index in [4.69, 9.17) is 0 Å². The molecule has 0 nitrogen and oxygen atoms in total. The normalized spacial score (nSPS) is 27.8. The van der Waals surface area contributed by atoms with E-state index < -0.39 is 0 Å². The van der Waals surface area contributed by atoms with Crippen LogP contribution in [0.25, 0.3) is 0 Å². The van der Waals surface area contributed by atoms with Crippen LogP contribution in [0.3, 0.4) is 0 Å². The van der Waals surface area contributed by atoms with Gasteiger partial charge < -0.3 is 0 Å². The Labute approximate surface area is 91.7 Å². The molecule has 1 fully saturated rings. The molecule has 0 aromatic heterocycles. The van der Waals surface area contributed by atoms with E-state index in [2.05, 4.69) is 22.6 Å². The number of halogens is 2. The van der Waals surface area contributed by atoms with Gasteiger partial charge in [0, 0.05) is 3.92 Å².